The van der Waals surface area contributed by atoms with Crippen molar-refractivity contribution < 1.29 is 0 Å². The maximum absolute atomic E-state index is 5.43. The molecular weight excluding hydrogens is 186 g/mol. The first-order chi connectivity index (χ1) is 7.31. The minimum Gasteiger partial charge on any atom is -0.405 e. The van der Waals surface area contributed by atoms with E-state index in [1.165, 1.54) is 0 Å². The van der Waals surface area contributed by atoms with Crippen molar-refractivity contribution in [2.24, 2.45) is 5.73 Å². The SMILES string of the molecule is C=C/C=C(\C=C/N)N1CCN(CC)CC1. The summed E-state index contributed by atoms with van der Waals surface area (Å²) in [6.45, 7) is 11.5. The average molecular weight is 207 g/mol. The molecule has 0 amide bonds. The van der Waals surface area contributed by atoms with Crippen molar-refractivity contribution in [1.29, 1.82) is 0 Å². The molecule has 1 heterocycles. The van der Waals surface area contributed by atoms with Gasteiger partial charge in [-0.2, -0.15) is 0 Å². The van der Waals surface area contributed by atoms with Gasteiger partial charge in [-0.25, -0.2) is 0 Å². The quantitative estimate of drug-likeness (QED) is 0.702. The summed E-state index contributed by atoms with van der Waals surface area (Å²) in [6, 6.07) is 0. The van der Waals surface area contributed by atoms with Crippen LogP contribution in [0.4, 0.5) is 0 Å². The number of nitrogens with zero attached hydrogens (tertiary/aromatic N) is 2. The number of rotatable bonds is 4. The summed E-state index contributed by atoms with van der Waals surface area (Å²) in [5.41, 5.74) is 6.58. The normalized spacial score (nSPS) is 19.8. The lowest BCUT2D eigenvalue weighted by atomic mass is 10.2. The first-order valence-corrected chi connectivity index (χ1v) is 5.50. The van der Waals surface area contributed by atoms with E-state index in [0.717, 1.165) is 38.4 Å². The van der Waals surface area contributed by atoms with E-state index < -0.39 is 0 Å². The highest BCUT2D eigenvalue weighted by Gasteiger charge is 2.15. The lowest BCUT2D eigenvalue weighted by molar-refractivity contribution is 0.168. The molecule has 3 heteroatoms. The van der Waals surface area contributed by atoms with E-state index in [1.54, 1.807) is 6.20 Å². The van der Waals surface area contributed by atoms with Crippen molar-refractivity contribution in [1.82, 2.24) is 9.80 Å². The molecule has 1 aliphatic heterocycles. The van der Waals surface area contributed by atoms with E-state index in [9.17, 15) is 0 Å². The molecule has 0 bridgehead atoms. The zero-order valence-electron chi connectivity index (χ0n) is 9.52. The lowest BCUT2D eigenvalue weighted by Crippen LogP contribution is -2.45. The van der Waals surface area contributed by atoms with E-state index in [0.29, 0.717) is 0 Å². The van der Waals surface area contributed by atoms with Crippen molar-refractivity contribution in [3.8, 4) is 0 Å². The lowest BCUT2D eigenvalue weighted by Gasteiger charge is -2.36. The van der Waals surface area contributed by atoms with E-state index in [2.05, 4.69) is 23.3 Å². The summed E-state index contributed by atoms with van der Waals surface area (Å²) >= 11 is 0. The molecule has 1 rings (SSSR count). The maximum atomic E-state index is 5.43. The van der Waals surface area contributed by atoms with Crippen molar-refractivity contribution in [2.45, 2.75) is 6.92 Å². The molecule has 0 unspecified atom stereocenters. The Morgan fingerprint density at radius 3 is 2.47 bits per heavy atom. The van der Waals surface area contributed by atoms with Gasteiger partial charge in [0.25, 0.3) is 0 Å². The summed E-state index contributed by atoms with van der Waals surface area (Å²) in [7, 11) is 0. The Morgan fingerprint density at radius 2 is 2.00 bits per heavy atom. The third-order valence-electron chi connectivity index (χ3n) is 2.74. The monoisotopic (exact) mass is 207 g/mol. The van der Waals surface area contributed by atoms with Gasteiger partial charge in [-0.3, -0.25) is 0 Å². The topological polar surface area (TPSA) is 32.5 Å². The van der Waals surface area contributed by atoms with Crippen LogP contribution < -0.4 is 5.73 Å². The van der Waals surface area contributed by atoms with Crippen LogP contribution in [0.15, 0.2) is 36.7 Å². The predicted octanol–water partition coefficient (Wildman–Crippen LogP) is 1.17. The Balaban J connectivity index is 2.56. The van der Waals surface area contributed by atoms with Gasteiger partial charge >= 0.3 is 0 Å². The first-order valence-electron chi connectivity index (χ1n) is 5.50. The number of hydrogen-bond acceptors (Lipinski definition) is 3. The molecule has 2 N–H and O–H groups in total. The van der Waals surface area contributed by atoms with Gasteiger partial charge in [-0.1, -0.05) is 19.6 Å². The minimum absolute atomic E-state index is 1.07. The van der Waals surface area contributed by atoms with Gasteiger partial charge < -0.3 is 15.5 Å². The summed E-state index contributed by atoms with van der Waals surface area (Å²) < 4.78 is 0. The van der Waals surface area contributed by atoms with Gasteiger partial charge in [-0.15, -0.1) is 0 Å². The fraction of sp³-hybridized carbons (Fsp3) is 0.500. The van der Waals surface area contributed by atoms with Crippen molar-refractivity contribution in [3.63, 3.8) is 0 Å². The Hall–Kier alpha value is -1.22. The van der Waals surface area contributed by atoms with Crippen LogP contribution in [0.25, 0.3) is 0 Å². The van der Waals surface area contributed by atoms with Crippen LogP contribution in [0.2, 0.25) is 0 Å². The number of likely N-dealkylation sites (N-methyl/N-ethyl adjacent to an activating group) is 1. The molecule has 1 saturated heterocycles. The highest BCUT2D eigenvalue weighted by atomic mass is 15.3. The highest BCUT2D eigenvalue weighted by molar-refractivity contribution is 5.21. The zero-order valence-corrected chi connectivity index (χ0v) is 9.52. The summed E-state index contributed by atoms with van der Waals surface area (Å²) in [6.07, 6.45) is 7.33. The summed E-state index contributed by atoms with van der Waals surface area (Å²) in [4.78, 5) is 4.80. The van der Waals surface area contributed by atoms with Crippen LogP contribution in [0.5, 0.6) is 0 Å². The van der Waals surface area contributed by atoms with Gasteiger partial charge in [-0.05, 0) is 24.9 Å². The van der Waals surface area contributed by atoms with Crippen LogP contribution >= 0.6 is 0 Å². The van der Waals surface area contributed by atoms with Crippen LogP contribution in [0, 0.1) is 0 Å². The molecule has 0 saturated carbocycles. The standard InChI is InChI=1S/C12H21N3/c1-3-5-12(6-7-13)15-10-8-14(4-2)9-11-15/h3,5-7H,1,4,8-11,13H2,2H3/b7-6-,12-5+. The fourth-order valence-corrected chi connectivity index (χ4v) is 1.81. The van der Waals surface area contributed by atoms with E-state index in [-0.39, 0.29) is 0 Å². The summed E-state index contributed by atoms with van der Waals surface area (Å²) in [5.74, 6) is 0. The molecule has 0 aromatic heterocycles. The molecule has 84 valence electrons. The van der Waals surface area contributed by atoms with Gasteiger partial charge in [0, 0.05) is 31.9 Å². The molecule has 0 aromatic rings. The second-order valence-electron chi connectivity index (χ2n) is 3.61. The Bertz CT molecular complexity index is 248. The number of piperazine rings is 1. The number of allylic oxidation sites excluding steroid dienone is 3. The molecule has 0 aromatic carbocycles. The molecule has 15 heavy (non-hydrogen) atoms. The predicted molar refractivity (Wildman–Crippen MR) is 65.3 cm³/mol. The zero-order chi connectivity index (χ0) is 11.1. The van der Waals surface area contributed by atoms with Gasteiger partial charge in [0.1, 0.15) is 0 Å². The minimum atomic E-state index is 1.07. The third-order valence-corrected chi connectivity index (χ3v) is 2.74. The maximum Gasteiger partial charge on any atom is 0.0381 e. The molecule has 3 nitrogen and oxygen atoms in total. The highest BCUT2D eigenvalue weighted by Crippen LogP contribution is 2.10. The van der Waals surface area contributed by atoms with Crippen LogP contribution in [-0.4, -0.2) is 42.5 Å². The second-order valence-corrected chi connectivity index (χ2v) is 3.61. The smallest absolute Gasteiger partial charge is 0.0381 e. The number of hydrogen-bond donors (Lipinski definition) is 1. The first kappa shape index (κ1) is 11.9. The van der Waals surface area contributed by atoms with Gasteiger partial charge in [0.2, 0.25) is 0 Å². The fourth-order valence-electron chi connectivity index (χ4n) is 1.81. The summed E-state index contributed by atoms with van der Waals surface area (Å²) in [5, 5.41) is 0. The Kier molecular flexibility index (Phi) is 4.98. The van der Waals surface area contributed by atoms with E-state index >= 15 is 0 Å². The van der Waals surface area contributed by atoms with Crippen LogP contribution in [-0.2, 0) is 0 Å². The van der Waals surface area contributed by atoms with Crippen molar-refractivity contribution in [3.05, 3.63) is 36.7 Å². The average Bonchev–Trinajstić information content (AvgIpc) is 2.29. The molecule has 0 atom stereocenters. The second kappa shape index (κ2) is 6.30. The largest absolute Gasteiger partial charge is 0.405 e. The molecule has 0 aliphatic carbocycles. The molecule has 0 radical (unpaired) electrons. The van der Waals surface area contributed by atoms with Crippen LogP contribution in [0.3, 0.4) is 0 Å². The molecule has 1 fully saturated rings. The van der Waals surface area contributed by atoms with E-state index in [1.807, 2.05) is 18.2 Å². The van der Waals surface area contributed by atoms with Crippen molar-refractivity contribution in [2.75, 3.05) is 32.7 Å². The van der Waals surface area contributed by atoms with Crippen LogP contribution in [0.1, 0.15) is 6.92 Å². The molecule has 1 aliphatic rings. The Morgan fingerprint density at radius 1 is 1.33 bits per heavy atom. The van der Waals surface area contributed by atoms with E-state index in [4.69, 9.17) is 5.73 Å². The third kappa shape index (κ3) is 3.44. The van der Waals surface area contributed by atoms with Crippen molar-refractivity contribution >= 4 is 0 Å². The molecule has 0 spiro atoms. The molecular formula is C12H21N3. The Labute approximate surface area is 92.5 Å². The number of nitrogens with two attached hydrogens (primary N) is 1. The van der Waals surface area contributed by atoms with Gasteiger partial charge in [0.15, 0.2) is 0 Å². The van der Waals surface area contributed by atoms with Gasteiger partial charge in [0.05, 0.1) is 0 Å².